The molecule has 20 heavy (non-hydrogen) atoms. The molecule has 0 amide bonds. The first-order valence-electron chi connectivity index (χ1n) is 5.70. The predicted octanol–water partition coefficient (Wildman–Crippen LogP) is 2.78. The molecule has 2 rings (SSSR count). The monoisotopic (exact) mass is 273 g/mol. The molecule has 0 aromatic heterocycles. The number of nitrogens with one attached hydrogen (secondary N) is 1. The molecule has 2 aromatic carbocycles. The van der Waals surface area contributed by atoms with Gasteiger partial charge in [0.1, 0.15) is 29.1 Å². The van der Waals surface area contributed by atoms with Crippen molar-refractivity contribution in [2.45, 2.75) is 0 Å². The molecule has 0 saturated carbocycles. The van der Waals surface area contributed by atoms with Crippen LogP contribution in [0, 0.1) is 17.1 Å². The Balaban J connectivity index is 2.34. The van der Waals surface area contributed by atoms with Crippen LogP contribution < -0.4 is 20.7 Å². The Hall–Kier alpha value is -2.78. The van der Waals surface area contributed by atoms with E-state index in [0.717, 1.165) is 6.07 Å². The van der Waals surface area contributed by atoms with Gasteiger partial charge in [-0.3, -0.25) is 5.84 Å². The largest absolute Gasteiger partial charge is 0.497 e. The van der Waals surface area contributed by atoms with E-state index in [1.54, 1.807) is 31.4 Å². The number of ether oxygens (including phenoxy) is 2. The van der Waals surface area contributed by atoms with Gasteiger partial charge in [-0.15, -0.1) is 0 Å². The number of halogens is 1. The highest BCUT2D eigenvalue weighted by Crippen LogP contribution is 2.30. The minimum absolute atomic E-state index is 0.0486. The Kier molecular flexibility index (Phi) is 4.03. The van der Waals surface area contributed by atoms with Crippen molar-refractivity contribution in [3.63, 3.8) is 0 Å². The van der Waals surface area contributed by atoms with E-state index in [0.29, 0.717) is 11.5 Å². The van der Waals surface area contributed by atoms with Crippen LogP contribution in [-0.2, 0) is 0 Å². The molecule has 0 fully saturated rings. The number of nitrogens with zero attached hydrogens (tertiary/aromatic N) is 1. The van der Waals surface area contributed by atoms with Gasteiger partial charge in [-0.2, -0.15) is 5.26 Å². The van der Waals surface area contributed by atoms with Crippen LogP contribution in [0.25, 0.3) is 0 Å². The number of anilines is 1. The van der Waals surface area contributed by atoms with Crippen LogP contribution in [0.3, 0.4) is 0 Å². The van der Waals surface area contributed by atoms with Crippen LogP contribution in [0.1, 0.15) is 5.56 Å². The van der Waals surface area contributed by atoms with Gasteiger partial charge in [0, 0.05) is 6.07 Å². The van der Waals surface area contributed by atoms with E-state index in [-0.39, 0.29) is 17.0 Å². The molecular weight excluding hydrogens is 261 g/mol. The third-order valence-corrected chi connectivity index (χ3v) is 2.63. The number of hydrogen-bond acceptors (Lipinski definition) is 5. The number of hydrazine groups is 1. The van der Waals surface area contributed by atoms with E-state index in [2.05, 4.69) is 5.43 Å². The van der Waals surface area contributed by atoms with Gasteiger partial charge >= 0.3 is 0 Å². The summed E-state index contributed by atoms with van der Waals surface area (Å²) in [6.07, 6.45) is 0. The summed E-state index contributed by atoms with van der Waals surface area (Å²) >= 11 is 0. The predicted molar refractivity (Wildman–Crippen MR) is 72.0 cm³/mol. The van der Waals surface area contributed by atoms with Gasteiger partial charge in [0.25, 0.3) is 0 Å². The number of benzene rings is 2. The molecule has 0 unspecified atom stereocenters. The van der Waals surface area contributed by atoms with Crippen molar-refractivity contribution in [1.29, 1.82) is 5.26 Å². The second-order valence-corrected chi connectivity index (χ2v) is 3.86. The van der Waals surface area contributed by atoms with Crippen molar-refractivity contribution in [3.8, 4) is 23.3 Å². The molecule has 2 aromatic rings. The number of methoxy groups -OCH3 is 1. The highest BCUT2D eigenvalue weighted by Gasteiger charge is 2.11. The quantitative estimate of drug-likeness (QED) is 0.661. The van der Waals surface area contributed by atoms with E-state index >= 15 is 0 Å². The summed E-state index contributed by atoms with van der Waals surface area (Å²) in [6, 6.07) is 11.1. The lowest BCUT2D eigenvalue weighted by atomic mass is 10.2. The highest BCUT2D eigenvalue weighted by molar-refractivity contribution is 5.57. The van der Waals surface area contributed by atoms with Crippen molar-refractivity contribution in [2.24, 2.45) is 5.84 Å². The molecule has 0 spiro atoms. The van der Waals surface area contributed by atoms with E-state index in [1.807, 2.05) is 6.07 Å². The van der Waals surface area contributed by atoms with E-state index in [4.69, 9.17) is 20.6 Å². The molecule has 0 aliphatic rings. The van der Waals surface area contributed by atoms with Gasteiger partial charge in [0.15, 0.2) is 0 Å². The first kappa shape index (κ1) is 13.6. The summed E-state index contributed by atoms with van der Waals surface area (Å²) < 4.78 is 24.1. The number of hydrogen-bond donors (Lipinski definition) is 2. The fraction of sp³-hybridized carbons (Fsp3) is 0.0714. The first-order valence-corrected chi connectivity index (χ1v) is 5.70. The lowest BCUT2D eigenvalue weighted by Gasteiger charge is -2.10. The zero-order valence-electron chi connectivity index (χ0n) is 10.7. The van der Waals surface area contributed by atoms with E-state index in [9.17, 15) is 4.39 Å². The molecule has 5 nitrogen and oxygen atoms in total. The van der Waals surface area contributed by atoms with Gasteiger partial charge in [0.05, 0.1) is 18.4 Å². The van der Waals surface area contributed by atoms with Crippen molar-refractivity contribution in [2.75, 3.05) is 12.5 Å². The normalized spacial score (nSPS) is 9.70. The van der Waals surface area contributed by atoms with Crippen LogP contribution in [0.4, 0.5) is 10.1 Å². The van der Waals surface area contributed by atoms with Gasteiger partial charge in [-0.25, -0.2) is 4.39 Å². The number of nitriles is 1. The van der Waals surface area contributed by atoms with E-state index < -0.39 is 5.82 Å². The van der Waals surface area contributed by atoms with Gasteiger partial charge in [-0.05, 0) is 30.3 Å². The first-order chi connectivity index (χ1) is 9.67. The summed E-state index contributed by atoms with van der Waals surface area (Å²) in [4.78, 5) is 0. The zero-order chi connectivity index (χ0) is 14.5. The molecule has 0 saturated heterocycles. The van der Waals surface area contributed by atoms with Gasteiger partial charge < -0.3 is 14.9 Å². The standard InChI is InChI=1S/C14H12FN3O2/c1-19-10-2-4-11(5-3-10)20-14-7-13(18-17)12(15)6-9(14)8-16/h2-7,18H,17H2,1H3. The average molecular weight is 273 g/mol. The topological polar surface area (TPSA) is 80.3 Å². The maximum absolute atomic E-state index is 13.5. The van der Waals surface area contributed by atoms with Gasteiger partial charge in [-0.1, -0.05) is 0 Å². The highest BCUT2D eigenvalue weighted by atomic mass is 19.1. The minimum Gasteiger partial charge on any atom is -0.497 e. The molecule has 0 bridgehead atoms. The molecule has 3 N–H and O–H groups in total. The lowest BCUT2D eigenvalue weighted by Crippen LogP contribution is -2.09. The molecular formula is C14H12FN3O2. The van der Waals surface area contributed by atoms with Crippen molar-refractivity contribution in [3.05, 3.63) is 47.8 Å². The van der Waals surface area contributed by atoms with Crippen LogP contribution in [0.5, 0.6) is 17.2 Å². The maximum Gasteiger partial charge on any atom is 0.149 e. The van der Waals surface area contributed by atoms with Gasteiger partial charge in [0.2, 0.25) is 0 Å². The number of nitrogens with two attached hydrogens (primary N) is 1. The fourth-order valence-corrected chi connectivity index (χ4v) is 1.61. The van der Waals surface area contributed by atoms with Crippen molar-refractivity contribution < 1.29 is 13.9 Å². The summed E-state index contributed by atoms with van der Waals surface area (Å²) in [7, 11) is 1.56. The molecule has 0 atom stereocenters. The smallest absolute Gasteiger partial charge is 0.149 e. The second-order valence-electron chi connectivity index (χ2n) is 3.86. The van der Waals surface area contributed by atoms with E-state index in [1.165, 1.54) is 6.07 Å². The lowest BCUT2D eigenvalue weighted by molar-refractivity contribution is 0.412. The van der Waals surface area contributed by atoms with Crippen LogP contribution in [0.15, 0.2) is 36.4 Å². The Morgan fingerprint density at radius 2 is 1.85 bits per heavy atom. The Morgan fingerprint density at radius 1 is 1.20 bits per heavy atom. The Bertz CT molecular complexity index is 651. The minimum atomic E-state index is -0.619. The van der Waals surface area contributed by atoms with Crippen molar-refractivity contribution >= 4 is 5.69 Å². The Morgan fingerprint density at radius 3 is 2.40 bits per heavy atom. The van der Waals surface area contributed by atoms with Crippen molar-refractivity contribution in [1.82, 2.24) is 0 Å². The van der Waals surface area contributed by atoms with Crippen LogP contribution >= 0.6 is 0 Å². The molecule has 0 heterocycles. The SMILES string of the molecule is COc1ccc(Oc2cc(NN)c(F)cc2C#N)cc1. The fourth-order valence-electron chi connectivity index (χ4n) is 1.61. The molecule has 102 valence electrons. The Labute approximate surface area is 115 Å². The van der Waals surface area contributed by atoms with Crippen LogP contribution in [0.2, 0.25) is 0 Å². The summed E-state index contributed by atoms with van der Waals surface area (Å²) in [5, 5.41) is 9.00. The third kappa shape index (κ3) is 2.79. The number of nitrogen functional groups attached to an aromatic ring is 1. The maximum atomic E-state index is 13.5. The molecule has 0 aliphatic carbocycles. The summed E-state index contributed by atoms with van der Waals surface area (Å²) in [6.45, 7) is 0. The zero-order valence-corrected chi connectivity index (χ0v) is 10.7. The average Bonchev–Trinajstić information content (AvgIpc) is 2.49. The third-order valence-electron chi connectivity index (χ3n) is 2.63. The summed E-state index contributed by atoms with van der Waals surface area (Å²) in [5.41, 5.74) is 2.34. The molecule has 0 aliphatic heterocycles. The number of rotatable bonds is 4. The molecule has 0 radical (unpaired) electrons. The molecule has 6 heteroatoms. The summed E-state index contributed by atoms with van der Waals surface area (Å²) in [5.74, 6) is 5.97. The van der Waals surface area contributed by atoms with Crippen LogP contribution in [-0.4, -0.2) is 7.11 Å². The second kappa shape index (κ2) is 5.91.